The molecule has 3 rings (SSSR count). The van der Waals surface area contributed by atoms with Gasteiger partial charge in [-0.1, -0.05) is 48.9 Å². The molecule has 0 unspecified atom stereocenters. The molecule has 31 heavy (non-hydrogen) atoms. The van der Waals surface area contributed by atoms with Crippen LogP contribution in [0.2, 0.25) is 0 Å². The lowest BCUT2D eigenvalue weighted by Gasteiger charge is -2.24. The van der Waals surface area contributed by atoms with Crippen molar-refractivity contribution in [1.29, 1.82) is 0 Å². The number of amides is 1. The third-order valence-corrected chi connectivity index (χ3v) is 7.72. The molecule has 0 saturated heterocycles. The molecular weight excluding hydrogens is 422 g/mol. The second-order valence-corrected chi connectivity index (χ2v) is 10.1. The lowest BCUT2D eigenvalue weighted by Crippen LogP contribution is -2.39. The van der Waals surface area contributed by atoms with Gasteiger partial charge in [-0.2, -0.15) is 0 Å². The van der Waals surface area contributed by atoms with Crippen LogP contribution in [0, 0.1) is 20.8 Å². The Kier molecular flexibility index (Phi) is 8.52. The highest BCUT2D eigenvalue weighted by atomic mass is 32.2. The largest absolute Gasteiger partial charge is 0.302 e. The van der Waals surface area contributed by atoms with Crippen LogP contribution in [0.5, 0.6) is 0 Å². The van der Waals surface area contributed by atoms with Gasteiger partial charge in [0.15, 0.2) is 5.13 Å². The average molecular weight is 456 g/mol. The van der Waals surface area contributed by atoms with Crippen molar-refractivity contribution in [2.24, 2.45) is 0 Å². The molecule has 4 nitrogen and oxygen atoms in total. The minimum Gasteiger partial charge on any atom is -0.302 e. The van der Waals surface area contributed by atoms with Gasteiger partial charge in [-0.15, -0.1) is 11.8 Å². The first-order chi connectivity index (χ1) is 14.9. The van der Waals surface area contributed by atoms with Crippen LogP contribution in [0.4, 0.5) is 5.13 Å². The molecule has 0 bridgehead atoms. The summed E-state index contributed by atoms with van der Waals surface area (Å²) in [4.78, 5) is 23.6. The maximum atomic E-state index is 13.3. The number of likely N-dealkylation sites (N-methyl/N-ethyl adjacent to an activating group) is 1. The molecule has 0 aliphatic carbocycles. The Hall–Kier alpha value is -1.89. The molecule has 3 aromatic rings. The fourth-order valence-electron chi connectivity index (χ4n) is 3.61. The Morgan fingerprint density at radius 2 is 1.71 bits per heavy atom. The van der Waals surface area contributed by atoms with Crippen LogP contribution in [0.25, 0.3) is 10.2 Å². The summed E-state index contributed by atoms with van der Waals surface area (Å²) in [5.74, 6) is 0.923. The Balaban J connectivity index is 1.76. The van der Waals surface area contributed by atoms with Crippen LogP contribution < -0.4 is 4.90 Å². The highest BCUT2D eigenvalue weighted by molar-refractivity contribution is 7.99. The zero-order valence-corrected chi connectivity index (χ0v) is 20.9. The fraction of sp³-hybridized carbons (Fsp3) is 0.440. The molecule has 1 heterocycles. The number of thiazole rings is 1. The van der Waals surface area contributed by atoms with E-state index in [4.69, 9.17) is 4.98 Å². The number of aryl methyl sites for hydroxylation is 3. The van der Waals surface area contributed by atoms with Crippen molar-refractivity contribution in [1.82, 2.24) is 9.88 Å². The summed E-state index contributed by atoms with van der Waals surface area (Å²) >= 11 is 3.37. The van der Waals surface area contributed by atoms with E-state index in [1.807, 2.05) is 4.90 Å². The minimum absolute atomic E-state index is 0.153. The first kappa shape index (κ1) is 23.8. The average Bonchev–Trinajstić information content (AvgIpc) is 3.16. The molecule has 0 spiro atoms. The van der Waals surface area contributed by atoms with E-state index in [1.165, 1.54) is 26.3 Å². The Morgan fingerprint density at radius 3 is 2.39 bits per heavy atom. The quantitative estimate of drug-likeness (QED) is 0.347. The first-order valence-electron chi connectivity index (χ1n) is 11.0. The molecule has 1 aromatic heterocycles. The Labute approximate surface area is 194 Å². The number of thioether (sulfide) groups is 1. The van der Waals surface area contributed by atoms with Crippen LogP contribution in [0.3, 0.4) is 0 Å². The molecule has 0 N–H and O–H groups in total. The van der Waals surface area contributed by atoms with Gasteiger partial charge in [0, 0.05) is 30.2 Å². The predicted molar refractivity (Wildman–Crippen MR) is 136 cm³/mol. The van der Waals surface area contributed by atoms with Gasteiger partial charge >= 0.3 is 0 Å². The molecule has 0 radical (unpaired) electrons. The van der Waals surface area contributed by atoms with E-state index in [9.17, 15) is 4.79 Å². The van der Waals surface area contributed by atoms with Crippen LogP contribution in [-0.2, 0) is 4.79 Å². The van der Waals surface area contributed by atoms with Crippen molar-refractivity contribution >= 4 is 44.4 Å². The van der Waals surface area contributed by atoms with E-state index in [1.54, 1.807) is 23.1 Å². The van der Waals surface area contributed by atoms with Crippen molar-refractivity contribution < 1.29 is 4.79 Å². The number of hydrogen-bond acceptors (Lipinski definition) is 5. The second kappa shape index (κ2) is 11.1. The monoisotopic (exact) mass is 455 g/mol. The predicted octanol–water partition coefficient (Wildman–Crippen LogP) is 6.08. The summed E-state index contributed by atoms with van der Waals surface area (Å²) < 4.78 is 1.18. The van der Waals surface area contributed by atoms with Crippen LogP contribution in [-0.4, -0.2) is 47.7 Å². The summed E-state index contributed by atoms with van der Waals surface area (Å²) in [7, 11) is 0. The fourth-order valence-corrected chi connectivity index (χ4v) is 5.51. The summed E-state index contributed by atoms with van der Waals surface area (Å²) in [5, 5.41) is 0.821. The van der Waals surface area contributed by atoms with Gasteiger partial charge in [-0.3, -0.25) is 9.69 Å². The Morgan fingerprint density at radius 1 is 1.00 bits per heavy atom. The minimum atomic E-state index is 0.153. The topological polar surface area (TPSA) is 36.4 Å². The van der Waals surface area contributed by atoms with Gasteiger partial charge in [-0.25, -0.2) is 4.98 Å². The zero-order valence-electron chi connectivity index (χ0n) is 19.3. The van der Waals surface area contributed by atoms with Crippen molar-refractivity contribution in [2.75, 3.05) is 36.8 Å². The maximum Gasteiger partial charge on any atom is 0.229 e. The third-order valence-electron chi connectivity index (χ3n) is 5.48. The molecule has 0 aliphatic heterocycles. The summed E-state index contributed by atoms with van der Waals surface area (Å²) in [6.45, 7) is 14.1. The van der Waals surface area contributed by atoms with Gasteiger partial charge < -0.3 is 4.90 Å². The molecule has 6 heteroatoms. The lowest BCUT2D eigenvalue weighted by molar-refractivity contribution is -0.118. The van der Waals surface area contributed by atoms with Crippen molar-refractivity contribution in [3.8, 4) is 0 Å². The zero-order chi connectivity index (χ0) is 22.4. The number of hydrogen-bond donors (Lipinski definition) is 0. The van der Waals surface area contributed by atoms with E-state index in [0.717, 1.165) is 36.0 Å². The number of carbonyl (C=O) groups is 1. The van der Waals surface area contributed by atoms with Crippen molar-refractivity contribution in [2.45, 2.75) is 45.9 Å². The number of anilines is 1. The standard InChI is InChI=1S/C25H33N3OS2/c1-6-27(7-2)13-14-28(23(29)12-15-30-21-10-8-18(3)9-11-21)25-26-22-17-19(4)16-20(5)24(22)31-25/h8-11,16-17H,6-7,12-15H2,1-5H3. The molecule has 1 amide bonds. The number of carbonyl (C=O) groups excluding carboxylic acids is 1. The van der Waals surface area contributed by atoms with Gasteiger partial charge in [0.25, 0.3) is 0 Å². The number of rotatable bonds is 10. The molecule has 0 saturated carbocycles. The first-order valence-corrected chi connectivity index (χ1v) is 12.8. The highest BCUT2D eigenvalue weighted by Crippen LogP contribution is 2.32. The normalized spacial score (nSPS) is 11.4. The van der Waals surface area contributed by atoms with E-state index >= 15 is 0 Å². The van der Waals surface area contributed by atoms with Crippen LogP contribution in [0.1, 0.15) is 37.0 Å². The smallest absolute Gasteiger partial charge is 0.229 e. The van der Waals surface area contributed by atoms with Gasteiger partial charge in [0.05, 0.1) is 10.2 Å². The number of aromatic nitrogens is 1. The van der Waals surface area contributed by atoms with Crippen molar-refractivity contribution in [3.63, 3.8) is 0 Å². The molecule has 2 aromatic carbocycles. The molecule has 0 aliphatic rings. The second-order valence-electron chi connectivity index (χ2n) is 7.91. The van der Waals surface area contributed by atoms with Crippen LogP contribution in [0.15, 0.2) is 41.3 Å². The summed E-state index contributed by atoms with van der Waals surface area (Å²) in [6.07, 6.45) is 0.505. The maximum absolute atomic E-state index is 13.3. The Bertz CT molecular complexity index is 1010. The van der Waals surface area contributed by atoms with Gasteiger partial charge in [0.1, 0.15) is 0 Å². The van der Waals surface area contributed by atoms with Crippen molar-refractivity contribution in [3.05, 3.63) is 53.1 Å². The molecule has 0 fully saturated rings. The van der Waals surface area contributed by atoms with E-state index in [-0.39, 0.29) is 5.91 Å². The van der Waals surface area contributed by atoms with E-state index in [0.29, 0.717) is 13.0 Å². The SMILES string of the molecule is CCN(CC)CCN(C(=O)CCSc1ccc(C)cc1)c1nc2cc(C)cc(C)c2s1. The number of benzene rings is 2. The molecular formula is C25H33N3OS2. The van der Waals surface area contributed by atoms with Gasteiger partial charge in [0.2, 0.25) is 5.91 Å². The lowest BCUT2D eigenvalue weighted by atomic mass is 10.1. The molecule has 0 atom stereocenters. The highest BCUT2D eigenvalue weighted by Gasteiger charge is 2.21. The van der Waals surface area contributed by atoms with E-state index < -0.39 is 0 Å². The van der Waals surface area contributed by atoms with Gasteiger partial charge in [-0.05, 0) is 63.2 Å². The molecule has 166 valence electrons. The summed E-state index contributed by atoms with van der Waals surface area (Å²) in [5.41, 5.74) is 4.68. The van der Waals surface area contributed by atoms with E-state index in [2.05, 4.69) is 75.9 Å². The number of nitrogens with zero attached hydrogens (tertiary/aromatic N) is 3. The van der Waals surface area contributed by atoms with Crippen LogP contribution >= 0.6 is 23.1 Å². The third kappa shape index (κ3) is 6.31. The number of fused-ring (bicyclic) bond motifs is 1. The summed E-state index contributed by atoms with van der Waals surface area (Å²) in [6, 6.07) is 12.8.